The van der Waals surface area contributed by atoms with Crippen molar-refractivity contribution in [3.05, 3.63) is 24.3 Å². The number of halogens is 1. The van der Waals surface area contributed by atoms with Gasteiger partial charge in [-0.3, -0.25) is 4.99 Å². The molecule has 0 amide bonds. The number of guanidine groups is 1. The van der Waals surface area contributed by atoms with E-state index in [0.29, 0.717) is 29.2 Å². The standard InChI is InChI=1S/C20H33N3O3S.HI/c1-5-11-20(2)12-6-14-23(16-20)19(21-3)22-13-15-26-17-7-9-18(10-8-17)27(4,24)25;/h7-10H,5-6,11-16H2,1-4H3,(H,21,22);1H. The lowest BCUT2D eigenvalue weighted by Crippen LogP contribution is -2.50. The first-order chi connectivity index (χ1) is 12.8. The zero-order chi connectivity index (χ0) is 19.9. The maximum Gasteiger partial charge on any atom is 0.193 e. The Balaban J connectivity index is 0.00000392. The summed E-state index contributed by atoms with van der Waals surface area (Å²) in [5, 5.41) is 3.38. The summed E-state index contributed by atoms with van der Waals surface area (Å²) in [5.74, 6) is 1.58. The molecule has 0 bridgehead atoms. The SMILES string of the molecule is CCCC1(C)CCCN(C(=NC)NCCOc2ccc(S(C)(=O)=O)cc2)C1.I. The van der Waals surface area contributed by atoms with Gasteiger partial charge in [0.05, 0.1) is 11.4 Å². The van der Waals surface area contributed by atoms with Crippen LogP contribution in [0.2, 0.25) is 0 Å². The van der Waals surface area contributed by atoms with E-state index in [1.807, 2.05) is 7.05 Å². The van der Waals surface area contributed by atoms with Gasteiger partial charge in [0.25, 0.3) is 0 Å². The first kappa shape index (κ1) is 25.0. The topological polar surface area (TPSA) is 71.0 Å². The lowest BCUT2D eigenvalue weighted by Gasteiger charge is -2.42. The molecule has 0 radical (unpaired) electrons. The van der Waals surface area contributed by atoms with E-state index in [0.717, 1.165) is 19.0 Å². The van der Waals surface area contributed by atoms with Crippen LogP contribution in [-0.4, -0.2) is 58.8 Å². The number of hydrogen-bond donors (Lipinski definition) is 1. The highest BCUT2D eigenvalue weighted by molar-refractivity contribution is 14.0. The van der Waals surface area contributed by atoms with Crippen molar-refractivity contribution in [2.75, 3.05) is 39.5 Å². The number of sulfone groups is 1. The summed E-state index contributed by atoms with van der Waals surface area (Å²) in [6, 6.07) is 6.51. The Hall–Kier alpha value is -1.03. The first-order valence-electron chi connectivity index (χ1n) is 9.66. The van der Waals surface area contributed by atoms with Gasteiger partial charge in [0, 0.05) is 26.4 Å². The second kappa shape index (κ2) is 11.2. The van der Waals surface area contributed by atoms with Crippen molar-refractivity contribution in [3.63, 3.8) is 0 Å². The van der Waals surface area contributed by atoms with Crippen molar-refractivity contribution in [3.8, 4) is 5.75 Å². The van der Waals surface area contributed by atoms with Gasteiger partial charge >= 0.3 is 0 Å². The number of rotatable bonds is 7. The molecule has 0 aliphatic carbocycles. The fourth-order valence-electron chi connectivity index (χ4n) is 3.75. The van der Waals surface area contributed by atoms with E-state index in [1.54, 1.807) is 24.3 Å². The molecule has 1 aliphatic heterocycles. The molecule has 1 N–H and O–H groups in total. The molecule has 1 fully saturated rings. The van der Waals surface area contributed by atoms with E-state index in [-0.39, 0.29) is 24.0 Å². The highest BCUT2D eigenvalue weighted by atomic mass is 127. The molecule has 8 heteroatoms. The molecule has 160 valence electrons. The summed E-state index contributed by atoms with van der Waals surface area (Å²) in [6.07, 6.45) is 6.13. The Morgan fingerprint density at radius 1 is 1.32 bits per heavy atom. The molecule has 1 saturated heterocycles. The Morgan fingerprint density at radius 3 is 2.57 bits per heavy atom. The minimum absolute atomic E-state index is 0. The van der Waals surface area contributed by atoms with Crippen LogP contribution >= 0.6 is 24.0 Å². The molecule has 28 heavy (non-hydrogen) atoms. The number of likely N-dealkylation sites (tertiary alicyclic amines) is 1. The van der Waals surface area contributed by atoms with Crippen molar-refractivity contribution in [2.24, 2.45) is 10.4 Å². The van der Waals surface area contributed by atoms with E-state index < -0.39 is 9.84 Å². The third kappa shape index (κ3) is 7.42. The summed E-state index contributed by atoms with van der Waals surface area (Å²) in [5.41, 5.74) is 0.364. The van der Waals surface area contributed by atoms with Gasteiger partial charge in [-0.1, -0.05) is 20.3 Å². The molecular formula is C20H34IN3O3S. The zero-order valence-electron chi connectivity index (χ0n) is 17.4. The van der Waals surface area contributed by atoms with Crippen LogP contribution in [-0.2, 0) is 9.84 Å². The first-order valence-corrected chi connectivity index (χ1v) is 11.5. The predicted molar refractivity (Wildman–Crippen MR) is 126 cm³/mol. The smallest absolute Gasteiger partial charge is 0.193 e. The Labute approximate surface area is 187 Å². The number of aliphatic imine (C=N–C) groups is 1. The zero-order valence-corrected chi connectivity index (χ0v) is 20.5. The molecule has 0 aromatic heterocycles. The van der Waals surface area contributed by atoms with Gasteiger partial charge in [0.1, 0.15) is 12.4 Å². The molecule has 1 heterocycles. The Kier molecular flexibility index (Phi) is 10.0. The van der Waals surface area contributed by atoms with Crippen LogP contribution in [0.4, 0.5) is 0 Å². The number of nitrogens with zero attached hydrogens (tertiary/aromatic N) is 2. The predicted octanol–water partition coefficient (Wildman–Crippen LogP) is 3.56. The van der Waals surface area contributed by atoms with Crippen LogP contribution in [0, 0.1) is 5.41 Å². The quantitative estimate of drug-likeness (QED) is 0.256. The molecular weight excluding hydrogens is 489 g/mol. The molecule has 0 saturated carbocycles. The maximum atomic E-state index is 11.5. The molecule has 1 aromatic rings. The molecule has 2 rings (SSSR count). The van der Waals surface area contributed by atoms with Crippen LogP contribution in [0.15, 0.2) is 34.2 Å². The largest absolute Gasteiger partial charge is 0.492 e. The van der Waals surface area contributed by atoms with Crippen LogP contribution in [0.5, 0.6) is 5.75 Å². The van der Waals surface area contributed by atoms with Gasteiger partial charge in [-0.25, -0.2) is 8.42 Å². The number of hydrogen-bond acceptors (Lipinski definition) is 4. The van der Waals surface area contributed by atoms with E-state index in [2.05, 4.69) is 29.1 Å². The lowest BCUT2D eigenvalue weighted by molar-refractivity contribution is 0.142. The average Bonchev–Trinajstić information content (AvgIpc) is 2.61. The van der Waals surface area contributed by atoms with Crippen molar-refractivity contribution >= 4 is 39.8 Å². The Bertz CT molecular complexity index is 734. The number of benzene rings is 1. The summed E-state index contributed by atoms with van der Waals surface area (Å²) in [6.45, 7) is 7.82. The van der Waals surface area contributed by atoms with Crippen molar-refractivity contribution in [2.45, 2.75) is 44.4 Å². The van der Waals surface area contributed by atoms with E-state index in [4.69, 9.17) is 4.74 Å². The number of ether oxygens (including phenoxy) is 1. The van der Waals surface area contributed by atoms with Crippen LogP contribution < -0.4 is 10.1 Å². The highest BCUT2D eigenvalue weighted by Gasteiger charge is 2.31. The summed E-state index contributed by atoms with van der Waals surface area (Å²) in [4.78, 5) is 7.08. The third-order valence-electron chi connectivity index (χ3n) is 5.05. The summed E-state index contributed by atoms with van der Waals surface area (Å²) < 4.78 is 28.7. The second-order valence-electron chi connectivity index (χ2n) is 7.65. The van der Waals surface area contributed by atoms with Gasteiger partial charge in [0.2, 0.25) is 0 Å². The number of piperidine rings is 1. The van der Waals surface area contributed by atoms with Gasteiger partial charge < -0.3 is 15.0 Å². The molecule has 0 spiro atoms. The van der Waals surface area contributed by atoms with Crippen molar-refractivity contribution in [1.29, 1.82) is 0 Å². The molecule has 1 unspecified atom stereocenters. The number of nitrogens with one attached hydrogen (secondary N) is 1. The van der Waals surface area contributed by atoms with Crippen LogP contribution in [0.3, 0.4) is 0 Å². The monoisotopic (exact) mass is 523 g/mol. The molecule has 1 atom stereocenters. The highest BCUT2D eigenvalue weighted by Crippen LogP contribution is 2.33. The second-order valence-corrected chi connectivity index (χ2v) is 9.67. The van der Waals surface area contributed by atoms with Gasteiger partial charge in [0.15, 0.2) is 15.8 Å². The molecule has 1 aliphatic rings. The fourth-order valence-corrected chi connectivity index (χ4v) is 4.38. The maximum absolute atomic E-state index is 11.5. The normalized spacial score (nSPS) is 20.4. The summed E-state index contributed by atoms with van der Waals surface area (Å²) in [7, 11) is -1.36. The van der Waals surface area contributed by atoms with Gasteiger partial charge in [-0.2, -0.15) is 0 Å². The molecule has 6 nitrogen and oxygen atoms in total. The van der Waals surface area contributed by atoms with E-state index >= 15 is 0 Å². The third-order valence-corrected chi connectivity index (χ3v) is 6.18. The van der Waals surface area contributed by atoms with Crippen LogP contribution in [0.1, 0.15) is 39.5 Å². The fraction of sp³-hybridized carbons (Fsp3) is 0.650. The average molecular weight is 523 g/mol. The van der Waals surface area contributed by atoms with Gasteiger partial charge in [-0.15, -0.1) is 24.0 Å². The van der Waals surface area contributed by atoms with Crippen molar-refractivity contribution in [1.82, 2.24) is 10.2 Å². The lowest BCUT2D eigenvalue weighted by atomic mass is 9.78. The minimum atomic E-state index is -3.17. The summed E-state index contributed by atoms with van der Waals surface area (Å²) >= 11 is 0. The van der Waals surface area contributed by atoms with E-state index in [9.17, 15) is 8.42 Å². The van der Waals surface area contributed by atoms with Crippen molar-refractivity contribution < 1.29 is 13.2 Å². The Morgan fingerprint density at radius 2 is 2.00 bits per heavy atom. The molecule has 1 aromatic carbocycles. The minimum Gasteiger partial charge on any atom is -0.492 e. The van der Waals surface area contributed by atoms with E-state index in [1.165, 1.54) is 31.9 Å². The van der Waals surface area contributed by atoms with Gasteiger partial charge in [-0.05, 0) is 48.9 Å². The van der Waals surface area contributed by atoms with Crippen LogP contribution in [0.25, 0.3) is 0 Å².